The van der Waals surface area contributed by atoms with E-state index in [9.17, 15) is 14.4 Å². The van der Waals surface area contributed by atoms with E-state index in [0.29, 0.717) is 29.4 Å². The topological polar surface area (TPSA) is 81.5 Å². The van der Waals surface area contributed by atoms with Crippen LogP contribution in [0.4, 0.5) is 0 Å². The molecule has 2 atom stereocenters. The Labute approximate surface area is 166 Å². The Morgan fingerprint density at radius 2 is 2.07 bits per heavy atom. The van der Waals surface area contributed by atoms with Gasteiger partial charge in [0.2, 0.25) is 0 Å². The number of piperidine rings is 1. The summed E-state index contributed by atoms with van der Waals surface area (Å²) in [6.45, 7) is 1.11. The molecule has 28 heavy (non-hydrogen) atoms. The highest BCUT2D eigenvalue weighted by atomic mass is 35.5. The highest BCUT2D eigenvalue weighted by Gasteiger charge is 2.36. The molecule has 1 saturated heterocycles. The molecular weight excluding hydrogens is 382 g/mol. The molecule has 0 bridgehead atoms. The highest BCUT2D eigenvalue weighted by molar-refractivity contribution is 6.31. The summed E-state index contributed by atoms with van der Waals surface area (Å²) < 4.78 is 7.24. The van der Waals surface area contributed by atoms with E-state index in [1.165, 1.54) is 19.2 Å². The molecular formula is C20H20ClN3O4. The van der Waals surface area contributed by atoms with Gasteiger partial charge in [-0.3, -0.25) is 14.4 Å². The lowest BCUT2D eigenvalue weighted by atomic mass is 9.87. The summed E-state index contributed by atoms with van der Waals surface area (Å²) >= 11 is 5.98. The van der Waals surface area contributed by atoms with Crippen LogP contribution in [0.2, 0.25) is 5.02 Å². The van der Waals surface area contributed by atoms with Gasteiger partial charge in [-0.05, 0) is 37.1 Å². The minimum Gasteiger partial charge on any atom is -0.489 e. The Hall–Kier alpha value is -2.67. The Morgan fingerprint density at radius 1 is 1.25 bits per heavy atom. The zero-order valence-electron chi connectivity index (χ0n) is 15.4. The fraction of sp³-hybridized carbons (Fsp3) is 0.400. The van der Waals surface area contributed by atoms with Gasteiger partial charge in [-0.25, -0.2) is 4.68 Å². The number of carbonyl (C=O) groups is 2. The van der Waals surface area contributed by atoms with Crippen LogP contribution in [0.15, 0.2) is 35.1 Å². The van der Waals surface area contributed by atoms with Crippen LogP contribution in [0.5, 0.6) is 5.75 Å². The first-order chi connectivity index (χ1) is 13.4. The smallest absolute Gasteiger partial charge is 0.274 e. The molecule has 4 rings (SSSR count). The van der Waals surface area contributed by atoms with Crippen LogP contribution in [0, 0.1) is 5.92 Å². The van der Waals surface area contributed by atoms with Gasteiger partial charge >= 0.3 is 0 Å². The minimum absolute atomic E-state index is 0.0110. The molecule has 3 heterocycles. The van der Waals surface area contributed by atoms with Crippen molar-refractivity contribution in [1.29, 1.82) is 0 Å². The lowest BCUT2D eigenvalue weighted by Crippen LogP contribution is -2.46. The lowest BCUT2D eigenvalue weighted by Gasteiger charge is -2.38. The van der Waals surface area contributed by atoms with E-state index >= 15 is 0 Å². The van der Waals surface area contributed by atoms with Gasteiger partial charge in [-0.1, -0.05) is 11.6 Å². The van der Waals surface area contributed by atoms with Crippen LogP contribution in [0.3, 0.4) is 0 Å². The number of likely N-dealkylation sites (tertiary alicyclic amines) is 1. The predicted molar refractivity (Wildman–Crippen MR) is 103 cm³/mol. The second kappa shape index (κ2) is 7.39. The summed E-state index contributed by atoms with van der Waals surface area (Å²) in [6.07, 6.45) is 1.71. The molecule has 0 aliphatic carbocycles. The molecule has 2 aromatic rings. The summed E-state index contributed by atoms with van der Waals surface area (Å²) in [5.41, 5.74) is 0.492. The number of aryl methyl sites for hydroxylation is 1. The Morgan fingerprint density at radius 3 is 2.86 bits per heavy atom. The number of hydrogen-bond donors (Lipinski definition) is 0. The Balaban J connectivity index is 1.50. The van der Waals surface area contributed by atoms with E-state index in [2.05, 4.69) is 5.10 Å². The van der Waals surface area contributed by atoms with Crippen molar-refractivity contribution in [2.45, 2.75) is 25.4 Å². The molecule has 0 radical (unpaired) electrons. The van der Waals surface area contributed by atoms with Crippen molar-refractivity contribution >= 4 is 23.3 Å². The van der Waals surface area contributed by atoms with Gasteiger partial charge in [0.1, 0.15) is 17.5 Å². The van der Waals surface area contributed by atoms with Crippen LogP contribution < -0.4 is 10.3 Å². The van der Waals surface area contributed by atoms with E-state index in [1.807, 2.05) is 0 Å². The normalized spacial score (nSPS) is 21.8. The number of ketones is 1. The van der Waals surface area contributed by atoms with Crippen LogP contribution in [0.1, 0.15) is 40.1 Å². The first kappa shape index (κ1) is 18.7. The Bertz CT molecular complexity index is 1000. The highest BCUT2D eigenvalue weighted by Crippen LogP contribution is 2.34. The molecule has 1 aromatic heterocycles. The number of aromatic nitrogens is 2. The van der Waals surface area contributed by atoms with Gasteiger partial charge in [0.15, 0.2) is 5.78 Å². The molecule has 146 valence electrons. The van der Waals surface area contributed by atoms with Gasteiger partial charge in [0, 0.05) is 43.6 Å². The van der Waals surface area contributed by atoms with E-state index in [0.717, 1.165) is 17.5 Å². The van der Waals surface area contributed by atoms with Crippen molar-refractivity contribution in [3.63, 3.8) is 0 Å². The van der Waals surface area contributed by atoms with Crippen molar-refractivity contribution in [2.75, 3.05) is 13.1 Å². The van der Waals surface area contributed by atoms with Crippen LogP contribution in [-0.4, -0.2) is 45.6 Å². The second-order valence-corrected chi connectivity index (χ2v) is 7.69. The number of amides is 1. The molecule has 2 aliphatic heterocycles. The van der Waals surface area contributed by atoms with Crippen LogP contribution in [-0.2, 0) is 7.05 Å². The number of carbonyl (C=O) groups excluding carboxylic acids is 2. The fourth-order valence-electron chi connectivity index (χ4n) is 3.86. The molecule has 0 unspecified atom stereocenters. The van der Waals surface area contributed by atoms with Crippen molar-refractivity contribution in [1.82, 2.24) is 14.7 Å². The van der Waals surface area contributed by atoms with Gasteiger partial charge < -0.3 is 9.64 Å². The fourth-order valence-corrected chi connectivity index (χ4v) is 4.03. The molecule has 0 spiro atoms. The quantitative estimate of drug-likeness (QED) is 0.771. The summed E-state index contributed by atoms with van der Waals surface area (Å²) in [6, 6.07) is 7.86. The standard InChI is InChI=1S/C20H20ClN3O4/c1-23-19(26)7-5-15(22-23)20(27)24-8-2-3-12(11-24)18-10-16(25)14-9-13(21)4-6-17(14)28-18/h4-7,9,12,18H,2-3,8,10-11H2,1H3/t12-,18+/m1/s1. The first-order valence-corrected chi connectivity index (χ1v) is 9.63. The third-order valence-electron chi connectivity index (χ3n) is 5.36. The number of ether oxygens (including phenoxy) is 1. The third-order valence-corrected chi connectivity index (χ3v) is 5.59. The maximum absolute atomic E-state index is 12.8. The monoisotopic (exact) mass is 401 g/mol. The number of benzene rings is 1. The molecule has 1 fully saturated rings. The van der Waals surface area contributed by atoms with E-state index in [4.69, 9.17) is 16.3 Å². The van der Waals surface area contributed by atoms with Crippen molar-refractivity contribution in [2.24, 2.45) is 13.0 Å². The molecule has 7 nitrogen and oxygen atoms in total. The maximum atomic E-state index is 12.8. The third kappa shape index (κ3) is 3.54. The van der Waals surface area contributed by atoms with E-state index in [1.54, 1.807) is 23.1 Å². The minimum atomic E-state index is -0.273. The molecule has 1 amide bonds. The number of Topliss-reactive ketones (excluding diaryl/α,β-unsaturated/α-hetero) is 1. The van der Waals surface area contributed by atoms with Gasteiger partial charge in [0.25, 0.3) is 11.5 Å². The number of nitrogens with zero attached hydrogens (tertiary/aromatic N) is 3. The zero-order chi connectivity index (χ0) is 19.8. The van der Waals surface area contributed by atoms with E-state index < -0.39 is 0 Å². The number of hydrogen-bond acceptors (Lipinski definition) is 5. The lowest BCUT2D eigenvalue weighted by molar-refractivity contribution is 0.0404. The van der Waals surface area contributed by atoms with Crippen LogP contribution >= 0.6 is 11.6 Å². The van der Waals surface area contributed by atoms with Gasteiger partial charge in [0.05, 0.1) is 5.56 Å². The summed E-state index contributed by atoms with van der Waals surface area (Å²) in [5, 5.41) is 4.56. The largest absolute Gasteiger partial charge is 0.489 e. The Kier molecular flexibility index (Phi) is 4.93. The number of fused-ring (bicyclic) bond motifs is 1. The maximum Gasteiger partial charge on any atom is 0.274 e. The second-order valence-electron chi connectivity index (χ2n) is 7.26. The van der Waals surface area contributed by atoms with E-state index in [-0.39, 0.29) is 41.4 Å². The molecule has 1 aromatic carbocycles. The molecule has 0 saturated carbocycles. The van der Waals surface area contributed by atoms with Crippen molar-refractivity contribution in [3.05, 3.63) is 57.0 Å². The summed E-state index contributed by atoms with van der Waals surface area (Å²) in [7, 11) is 1.52. The molecule has 8 heteroatoms. The number of rotatable bonds is 2. The SMILES string of the molecule is Cn1nc(C(=O)N2CCC[C@@H]([C@@H]3CC(=O)c4cc(Cl)ccc4O3)C2)ccc1=O. The summed E-state index contributed by atoms with van der Waals surface area (Å²) in [4.78, 5) is 38.6. The average Bonchev–Trinajstić information content (AvgIpc) is 2.70. The zero-order valence-corrected chi connectivity index (χ0v) is 16.2. The molecule has 2 aliphatic rings. The predicted octanol–water partition coefficient (Wildman–Crippen LogP) is 2.32. The first-order valence-electron chi connectivity index (χ1n) is 9.25. The van der Waals surface area contributed by atoms with Crippen LogP contribution in [0.25, 0.3) is 0 Å². The summed E-state index contributed by atoms with van der Waals surface area (Å²) in [5.74, 6) is 0.401. The van der Waals surface area contributed by atoms with Gasteiger partial charge in [-0.2, -0.15) is 5.10 Å². The van der Waals surface area contributed by atoms with Crippen molar-refractivity contribution < 1.29 is 14.3 Å². The number of halogens is 1. The average molecular weight is 402 g/mol. The van der Waals surface area contributed by atoms with Crippen molar-refractivity contribution in [3.8, 4) is 5.75 Å². The molecule has 0 N–H and O–H groups in total. The van der Waals surface area contributed by atoms with Gasteiger partial charge in [-0.15, -0.1) is 0 Å².